The molecule has 1 saturated carbocycles. The second kappa shape index (κ2) is 8.25. The highest BCUT2D eigenvalue weighted by atomic mass is 16.1. The van der Waals surface area contributed by atoms with E-state index in [4.69, 9.17) is 5.26 Å². The summed E-state index contributed by atoms with van der Waals surface area (Å²) in [5.74, 6) is 0.127. The third-order valence-corrected chi connectivity index (χ3v) is 4.37. The van der Waals surface area contributed by atoms with Gasteiger partial charge in [0, 0.05) is 12.2 Å². The van der Waals surface area contributed by atoms with Gasteiger partial charge in [-0.2, -0.15) is 5.26 Å². The fourth-order valence-corrected chi connectivity index (χ4v) is 3.04. The molecule has 2 N–H and O–H groups in total. The molecule has 1 heterocycles. The zero-order valence-electron chi connectivity index (χ0n) is 14.0. The number of para-hydroxylation sites is 1. The number of carbonyl (C=O) groups is 1. The third kappa shape index (κ3) is 4.54. The number of rotatable bonds is 4. The molecule has 0 aliphatic heterocycles. The van der Waals surface area contributed by atoms with Crippen LogP contribution in [0.4, 0.5) is 11.6 Å². The van der Waals surface area contributed by atoms with Crippen LogP contribution in [-0.4, -0.2) is 21.9 Å². The van der Waals surface area contributed by atoms with Crippen molar-refractivity contribution in [2.75, 3.05) is 10.6 Å². The second-order valence-corrected chi connectivity index (χ2v) is 6.21. The fraction of sp³-hybridized carbons (Fsp3) is 0.368. The molecular weight excluding hydrogens is 314 g/mol. The van der Waals surface area contributed by atoms with Gasteiger partial charge in [0.1, 0.15) is 11.8 Å². The van der Waals surface area contributed by atoms with Gasteiger partial charge in [0.05, 0.1) is 11.3 Å². The first-order chi connectivity index (χ1) is 12.3. The van der Waals surface area contributed by atoms with Gasteiger partial charge in [0.15, 0.2) is 0 Å². The number of aromatic nitrogens is 2. The Bertz CT molecular complexity index is 775. The Labute approximate surface area is 147 Å². The van der Waals surface area contributed by atoms with Crippen LogP contribution in [0.3, 0.4) is 0 Å². The summed E-state index contributed by atoms with van der Waals surface area (Å²) in [6.07, 6.45) is 8.77. The van der Waals surface area contributed by atoms with E-state index in [9.17, 15) is 4.79 Å². The van der Waals surface area contributed by atoms with Gasteiger partial charge in [-0.15, -0.1) is 0 Å². The van der Waals surface area contributed by atoms with Gasteiger partial charge in [0.25, 0.3) is 5.91 Å². The number of nitrogens with one attached hydrogen (secondary N) is 2. The first kappa shape index (κ1) is 16.9. The van der Waals surface area contributed by atoms with Gasteiger partial charge < -0.3 is 10.6 Å². The Morgan fingerprint density at radius 2 is 1.88 bits per heavy atom. The lowest BCUT2D eigenvalue weighted by molar-refractivity contribution is 0.102. The Morgan fingerprint density at radius 1 is 1.12 bits per heavy atom. The molecule has 1 aliphatic rings. The van der Waals surface area contributed by atoms with Crippen LogP contribution in [0.1, 0.15) is 54.6 Å². The number of amides is 1. The summed E-state index contributed by atoms with van der Waals surface area (Å²) in [6.45, 7) is 0. The second-order valence-electron chi connectivity index (χ2n) is 6.21. The van der Waals surface area contributed by atoms with E-state index < -0.39 is 0 Å². The number of anilines is 2. The minimum atomic E-state index is -0.353. The normalized spacial score (nSPS) is 15.0. The molecule has 0 radical (unpaired) electrons. The van der Waals surface area contributed by atoms with Crippen LogP contribution < -0.4 is 10.6 Å². The van der Waals surface area contributed by atoms with E-state index >= 15 is 0 Å². The molecular formula is C19H21N5O. The molecule has 0 unspecified atom stereocenters. The summed E-state index contributed by atoms with van der Waals surface area (Å²) in [5, 5.41) is 15.2. The van der Waals surface area contributed by atoms with Gasteiger partial charge in [-0.3, -0.25) is 4.79 Å². The Kier molecular flexibility index (Phi) is 5.57. The standard InChI is InChI=1S/C19H21N5O/c20-13-14-7-5-6-10-16(14)23-18(25)17-11-12-21-19(24-17)22-15-8-3-1-2-4-9-15/h5-7,10-12,15H,1-4,8-9H2,(H,23,25)(H,21,22,24). The van der Waals surface area contributed by atoms with Crippen molar-refractivity contribution in [1.82, 2.24) is 9.97 Å². The molecule has 6 nitrogen and oxygen atoms in total. The summed E-state index contributed by atoms with van der Waals surface area (Å²) in [6, 6.07) is 10.9. The zero-order chi connectivity index (χ0) is 17.5. The molecule has 1 fully saturated rings. The van der Waals surface area contributed by atoms with Crippen molar-refractivity contribution in [2.24, 2.45) is 0 Å². The predicted molar refractivity (Wildman–Crippen MR) is 96.3 cm³/mol. The summed E-state index contributed by atoms with van der Waals surface area (Å²) in [5.41, 5.74) is 1.17. The van der Waals surface area contributed by atoms with E-state index in [0.29, 0.717) is 23.2 Å². The lowest BCUT2D eigenvalue weighted by atomic mass is 10.1. The lowest BCUT2D eigenvalue weighted by Crippen LogP contribution is -2.21. The number of nitrogens with zero attached hydrogens (tertiary/aromatic N) is 3. The molecule has 0 saturated heterocycles. The lowest BCUT2D eigenvalue weighted by Gasteiger charge is -2.16. The molecule has 0 spiro atoms. The summed E-state index contributed by atoms with van der Waals surface area (Å²) < 4.78 is 0. The minimum Gasteiger partial charge on any atom is -0.351 e. The van der Waals surface area contributed by atoms with E-state index in [2.05, 4.69) is 26.7 Å². The number of hydrogen-bond acceptors (Lipinski definition) is 5. The number of benzene rings is 1. The quantitative estimate of drug-likeness (QED) is 0.831. The average Bonchev–Trinajstić information content (AvgIpc) is 2.91. The average molecular weight is 335 g/mol. The molecule has 1 amide bonds. The van der Waals surface area contributed by atoms with Crippen molar-refractivity contribution in [3.05, 3.63) is 47.8 Å². The molecule has 128 valence electrons. The van der Waals surface area contributed by atoms with Crippen LogP contribution in [0.25, 0.3) is 0 Å². The molecule has 0 bridgehead atoms. The maximum absolute atomic E-state index is 12.4. The van der Waals surface area contributed by atoms with E-state index in [1.165, 1.54) is 25.7 Å². The van der Waals surface area contributed by atoms with Crippen LogP contribution in [0, 0.1) is 11.3 Å². The third-order valence-electron chi connectivity index (χ3n) is 4.37. The molecule has 1 aromatic carbocycles. The van der Waals surface area contributed by atoms with E-state index in [-0.39, 0.29) is 11.6 Å². The molecule has 6 heteroatoms. The highest BCUT2D eigenvalue weighted by molar-refractivity contribution is 6.03. The summed E-state index contributed by atoms with van der Waals surface area (Å²) in [4.78, 5) is 21.0. The van der Waals surface area contributed by atoms with Crippen molar-refractivity contribution >= 4 is 17.5 Å². The topological polar surface area (TPSA) is 90.7 Å². The van der Waals surface area contributed by atoms with E-state index in [1.807, 2.05) is 0 Å². The molecule has 3 rings (SSSR count). The van der Waals surface area contributed by atoms with Crippen molar-refractivity contribution in [1.29, 1.82) is 5.26 Å². The highest BCUT2D eigenvalue weighted by Gasteiger charge is 2.15. The zero-order valence-corrected chi connectivity index (χ0v) is 14.0. The van der Waals surface area contributed by atoms with Crippen LogP contribution >= 0.6 is 0 Å². The Morgan fingerprint density at radius 3 is 2.64 bits per heavy atom. The first-order valence-electron chi connectivity index (χ1n) is 8.66. The molecule has 1 aromatic heterocycles. The summed E-state index contributed by atoms with van der Waals surface area (Å²) in [7, 11) is 0. The van der Waals surface area contributed by atoms with Crippen molar-refractivity contribution in [3.63, 3.8) is 0 Å². The smallest absolute Gasteiger partial charge is 0.274 e. The summed E-state index contributed by atoms with van der Waals surface area (Å²) >= 11 is 0. The van der Waals surface area contributed by atoms with Crippen LogP contribution in [0.2, 0.25) is 0 Å². The van der Waals surface area contributed by atoms with Gasteiger partial charge in [-0.25, -0.2) is 9.97 Å². The van der Waals surface area contributed by atoms with E-state index in [0.717, 1.165) is 12.8 Å². The fourth-order valence-electron chi connectivity index (χ4n) is 3.04. The Hall–Kier alpha value is -2.94. The molecule has 2 aromatic rings. The van der Waals surface area contributed by atoms with E-state index in [1.54, 1.807) is 36.5 Å². The Balaban J connectivity index is 1.70. The molecule has 0 atom stereocenters. The predicted octanol–water partition coefficient (Wildman–Crippen LogP) is 3.74. The van der Waals surface area contributed by atoms with Crippen LogP contribution in [0.15, 0.2) is 36.5 Å². The first-order valence-corrected chi connectivity index (χ1v) is 8.66. The van der Waals surface area contributed by atoms with Crippen molar-refractivity contribution < 1.29 is 4.79 Å². The van der Waals surface area contributed by atoms with Gasteiger partial charge in [0.2, 0.25) is 5.95 Å². The molecule has 25 heavy (non-hydrogen) atoms. The minimum absolute atomic E-state index is 0.277. The molecule has 1 aliphatic carbocycles. The van der Waals surface area contributed by atoms with Gasteiger partial charge in [-0.1, -0.05) is 37.8 Å². The monoisotopic (exact) mass is 335 g/mol. The van der Waals surface area contributed by atoms with Crippen molar-refractivity contribution in [2.45, 2.75) is 44.6 Å². The number of hydrogen-bond donors (Lipinski definition) is 2. The van der Waals surface area contributed by atoms with Gasteiger partial charge >= 0.3 is 0 Å². The van der Waals surface area contributed by atoms with Gasteiger partial charge in [-0.05, 0) is 31.0 Å². The van der Waals surface area contributed by atoms with Crippen LogP contribution in [-0.2, 0) is 0 Å². The van der Waals surface area contributed by atoms with Crippen LogP contribution in [0.5, 0.6) is 0 Å². The largest absolute Gasteiger partial charge is 0.351 e. The maximum Gasteiger partial charge on any atom is 0.274 e. The SMILES string of the molecule is N#Cc1ccccc1NC(=O)c1ccnc(NC2CCCCCC2)n1. The van der Waals surface area contributed by atoms with Crippen molar-refractivity contribution in [3.8, 4) is 6.07 Å². The number of nitriles is 1. The highest BCUT2D eigenvalue weighted by Crippen LogP contribution is 2.20. The maximum atomic E-state index is 12.4. The number of carbonyl (C=O) groups excluding carboxylic acids is 1.